The zero-order chi connectivity index (χ0) is 12.1. The summed E-state index contributed by atoms with van der Waals surface area (Å²) in [5.74, 6) is 2.55. The van der Waals surface area contributed by atoms with Crippen LogP contribution in [0, 0.1) is 12.3 Å². The maximum absolute atomic E-state index is 11.4. The second kappa shape index (κ2) is 4.78. The molecule has 0 aliphatic carbocycles. The lowest BCUT2D eigenvalue weighted by atomic mass is 10.1. The van der Waals surface area contributed by atoms with Gasteiger partial charge in [0.1, 0.15) is 6.33 Å². The fourth-order valence-corrected chi connectivity index (χ4v) is 1.41. The Morgan fingerprint density at radius 3 is 2.88 bits per heavy atom. The molecule has 6 nitrogen and oxygen atoms in total. The largest absolute Gasteiger partial charge is 0.449 e. The van der Waals surface area contributed by atoms with Gasteiger partial charge in [0.2, 0.25) is 0 Å². The van der Waals surface area contributed by atoms with E-state index in [2.05, 4.69) is 21.1 Å². The molecular formula is C11H12N4O2. The summed E-state index contributed by atoms with van der Waals surface area (Å²) < 4.78 is 6.33. The third kappa shape index (κ3) is 2.91. The van der Waals surface area contributed by atoms with Crippen molar-refractivity contribution in [2.75, 3.05) is 6.61 Å². The maximum atomic E-state index is 11.4. The molecule has 0 unspecified atom stereocenters. The smallest absolute Gasteiger partial charge is 0.419 e. The molecule has 2 heterocycles. The Morgan fingerprint density at radius 1 is 1.47 bits per heavy atom. The Labute approximate surface area is 98.7 Å². The minimum Gasteiger partial charge on any atom is -0.449 e. The second-order valence-electron chi connectivity index (χ2n) is 3.72. The average Bonchev–Trinajstić information content (AvgIpc) is 2.89. The zero-order valence-corrected chi connectivity index (χ0v) is 9.24. The number of ether oxygens (including phenoxy) is 1. The molecule has 0 saturated heterocycles. The summed E-state index contributed by atoms with van der Waals surface area (Å²) in [5, 5.41) is 7.90. The van der Waals surface area contributed by atoms with Crippen molar-refractivity contribution in [2.45, 2.75) is 24.9 Å². The van der Waals surface area contributed by atoms with Gasteiger partial charge in [-0.05, 0) is 0 Å². The molecule has 1 aliphatic heterocycles. The highest BCUT2D eigenvalue weighted by Crippen LogP contribution is 2.36. The van der Waals surface area contributed by atoms with E-state index in [0.717, 1.165) is 0 Å². The van der Waals surface area contributed by atoms with Crippen molar-refractivity contribution in [2.24, 2.45) is 10.2 Å². The van der Waals surface area contributed by atoms with Crippen molar-refractivity contribution < 1.29 is 9.53 Å². The number of aromatic nitrogens is 2. The number of hydrogen-bond donors (Lipinski definition) is 0. The van der Waals surface area contributed by atoms with E-state index in [0.29, 0.717) is 19.3 Å². The van der Waals surface area contributed by atoms with Gasteiger partial charge in [-0.2, -0.15) is 10.2 Å². The van der Waals surface area contributed by atoms with Gasteiger partial charge in [0.25, 0.3) is 0 Å². The molecule has 88 valence electrons. The maximum Gasteiger partial charge on any atom is 0.419 e. The van der Waals surface area contributed by atoms with Crippen LogP contribution >= 0.6 is 0 Å². The van der Waals surface area contributed by atoms with Gasteiger partial charge < -0.3 is 4.74 Å². The van der Waals surface area contributed by atoms with E-state index in [9.17, 15) is 4.79 Å². The van der Waals surface area contributed by atoms with Crippen molar-refractivity contribution in [3.63, 3.8) is 0 Å². The quantitative estimate of drug-likeness (QED) is 0.727. The average molecular weight is 232 g/mol. The van der Waals surface area contributed by atoms with Crippen LogP contribution in [-0.4, -0.2) is 27.9 Å². The molecule has 1 aromatic rings. The van der Waals surface area contributed by atoms with Crippen LogP contribution in [0.25, 0.3) is 0 Å². The predicted molar refractivity (Wildman–Crippen MR) is 59.2 cm³/mol. The first kappa shape index (κ1) is 11.3. The Hall–Kier alpha value is -2.16. The molecule has 1 aliphatic rings. The van der Waals surface area contributed by atoms with Crippen molar-refractivity contribution >= 4 is 6.09 Å². The fraction of sp³-hybridized carbons (Fsp3) is 0.455. The van der Waals surface area contributed by atoms with Gasteiger partial charge in [0.05, 0.1) is 6.61 Å². The Morgan fingerprint density at radius 2 is 2.29 bits per heavy atom. The summed E-state index contributed by atoms with van der Waals surface area (Å²) in [6, 6.07) is 0. The van der Waals surface area contributed by atoms with Crippen molar-refractivity contribution in [1.29, 1.82) is 0 Å². The van der Waals surface area contributed by atoms with Crippen LogP contribution in [0.4, 0.5) is 4.79 Å². The number of hydrogen-bond acceptors (Lipinski definition) is 5. The van der Waals surface area contributed by atoms with Gasteiger partial charge in [0.15, 0.2) is 5.66 Å². The van der Waals surface area contributed by atoms with Crippen molar-refractivity contribution in [1.82, 2.24) is 9.55 Å². The van der Waals surface area contributed by atoms with Gasteiger partial charge in [-0.15, -0.1) is 12.3 Å². The van der Waals surface area contributed by atoms with Crippen LogP contribution in [0.2, 0.25) is 0 Å². The lowest BCUT2D eigenvalue weighted by Gasteiger charge is -2.09. The standard InChI is InChI=1S/C11H12N4O2/c1-2-3-4-11(13-14-11)5-8-17-10(16)15-7-6-12-9-15/h1,6-7,9H,3-5,8H2. The molecule has 0 amide bonds. The lowest BCUT2D eigenvalue weighted by molar-refractivity contribution is 0.141. The first-order valence-corrected chi connectivity index (χ1v) is 5.28. The van der Waals surface area contributed by atoms with Crippen LogP contribution in [-0.2, 0) is 4.74 Å². The molecule has 0 aromatic carbocycles. The monoisotopic (exact) mass is 232 g/mol. The number of carbonyl (C=O) groups is 1. The molecular weight excluding hydrogens is 220 g/mol. The van der Waals surface area contributed by atoms with Gasteiger partial charge in [0, 0.05) is 31.7 Å². The van der Waals surface area contributed by atoms with Gasteiger partial charge in [-0.3, -0.25) is 0 Å². The van der Waals surface area contributed by atoms with E-state index in [-0.39, 0.29) is 6.61 Å². The summed E-state index contributed by atoms with van der Waals surface area (Å²) in [4.78, 5) is 15.2. The Bertz CT molecular complexity index is 452. The molecule has 0 spiro atoms. The van der Waals surface area contributed by atoms with Crippen molar-refractivity contribution in [3.8, 4) is 12.3 Å². The first-order valence-electron chi connectivity index (χ1n) is 5.28. The lowest BCUT2D eigenvalue weighted by Crippen LogP contribution is -2.18. The number of imidazole rings is 1. The fourth-order valence-electron chi connectivity index (χ4n) is 1.41. The third-order valence-electron chi connectivity index (χ3n) is 2.50. The van der Waals surface area contributed by atoms with Gasteiger partial charge in [-0.25, -0.2) is 14.3 Å². The van der Waals surface area contributed by atoms with E-state index < -0.39 is 11.8 Å². The molecule has 0 radical (unpaired) electrons. The molecule has 0 atom stereocenters. The highest BCUT2D eigenvalue weighted by molar-refractivity contribution is 5.69. The van der Waals surface area contributed by atoms with Gasteiger partial charge >= 0.3 is 6.09 Å². The van der Waals surface area contributed by atoms with Crippen LogP contribution in [0.15, 0.2) is 28.9 Å². The SMILES string of the molecule is C#CCCC1(CCOC(=O)n2ccnc2)N=N1. The predicted octanol–water partition coefficient (Wildman–Crippen LogP) is 1.83. The van der Waals surface area contributed by atoms with E-state index in [1.54, 1.807) is 0 Å². The number of terminal acetylenes is 1. The van der Waals surface area contributed by atoms with E-state index in [1.165, 1.54) is 23.3 Å². The summed E-state index contributed by atoms with van der Waals surface area (Å²) in [7, 11) is 0. The third-order valence-corrected chi connectivity index (χ3v) is 2.50. The summed E-state index contributed by atoms with van der Waals surface area (Å²) >= 11 is 0. The normalized spacial score (nSPS) is 15.2. The number of rotatable bonds is 5. The number of nitrogens with zero attached hydrogens (tertiary/aromatic N) is 4. The molecule has 0 fully saturated rings. The minimum absolute atomic E-state index is 0.272. The topological polar surface area (TPSA) is 68.8 Å². The van der Waals surface area contributed by atoms with Crippen LogP contribution < -0.4 is 0 Å². The highest BCUT2D eigenvalue weighted by atomic mass is 16.5. The van der Waals surface area contributed by atoms with E-state index in [1.807, 2.05) is 0 Å². The molecule has 1 aromatic heterocycles. The molecule has 0 saturated carbocycles. The van der Waals surface area contributed by atoms with Crippen molar-refractivity contribution in [3.05, 3.63) is 18.7 Å². The second-order valence-corrected chi connectivity index (χ2v) is 3.72. The van der Waals surface area contributed by atoms with Crippen LogP contribution in [0.5, 0.6) is 0 Å². The molecule has 0 N–H and O–H groups in total. The van der Waals surface area contributed by atoms with Crippen LogP contribution in [0.1, 0.15) is 19.3 Å². The molecule has 17 heavy (non-hydrogen) atoms. The summed E-state index contributed by atoms with van der Waals surface area (Å²) in [6.07, 6.45) is 11.1. The Balaban J connectivity index is 1.70. The summed E-state index contributed by atoms with van der Waals surface area (Å²) in [5.41, 5.74) is -0.401. The summed E-state index contributed by atoms with van der Waals surface area (Å²) in [6.45, 7) is 0.272. The molecule has 6 heteroatoms. The molecule has 2 rings (SSSR count). The first-order chi connectivity index (χ1) is 8.26. The highest BCUT2D eigenvalue weighted by Gasteiger charge is 2.39. The zero-order valence-electron chi connectivity index (χ0n) is 9.24. The van der Waals surface area contributed by atoms with Crippen LogP contribution in [0.3, 0.4) is 0 Å². The minimum atomic E-state index is -0.449. The van der Waals surface area contributed by atoms with E-state index in [4.69, 9.17) is 11.2 Å². The number of carbonyl (C=O) groups excluding carboxylic acids is 1. The Kier molecular flexibility index (Phi) is 3.19. The van der Waals surface area contributed by atoms with Gasteiger partial charge in [-0.1, -0.05) is 0 Å². The molecule has 0 bridgehead atoms. The van der Waals surface area contributed by atoms with E-state index >= 15 is 0 Å².